The molecule has 0 aromatic rings. The molecule has 0 atom stereocenters. The number of phosphoric acid groups is 1. The van der Waals surface area contributed by atoms with Crippen molar-refractivity contribution in [1.29, 1.82) is 0 Å². The molecule has 0 spiro atoms. The Morgan fingerprint density at radius 2 is 0.571 bits per heavy atom. The van der Waals surface area contributed by atoms with E-state index in [1.54, 1.807) is 0 Å². The van der Waals surface area contributed by atoms with E-state index in [0.29, 0.717) is 0 Å². The number of rotatable bonds is 19. The third kappa shape index (κ3) is 97.4. The molecule has 3 N–H and O–H groups in total. The van der Waals surface area contributed by atoms with Crippen LogP contribution in [-0.4, -0.2) is 132 Å². The Hall–Kier alpha value is -0.130. The van der Waals surface area contributed by atoms with Crippen LogP contribution in [0.4, 0.5) is 0 Å². The average Bonchev–Trinajstić information content (AvgIpc) is 2.78. The smallest absolute Gasteiger partial charge is 0.101 e. The summed E-state index contributed by atoms with van der Waals surface area (Å²) in [6, 6.07) is 0. The third-order valence-electron chi connectivity index (χ3n) is 5.77. The van der Waals surface area contributed by atoms with Crippen molar-refractivity contribution >= 4 is 7.82 Å². The quantitative estimate of drug-likeness (QED) is 0.113. The molecule has 42 heavy (non-hydrogen) atoms. The van der Waals surface area contributed by atoms with Crippen LogP contribution >= 0.6 is 7.82 Å². The van der Waals surface area contributed by atoms with Gasteiger partial charge in [0.2, 0.25) is 0 Å². The highest BCUT2D eigenvalue weighted by atomic mass is 31.2. The van der Waals surface area contributed by atoms with Gasteiger partial charge < -0.3 is 48.0 Å². The molecular formula is C31H76N3O7P. The fraction of sp³-hybridized carbons (Fsp3) is 1.00. The molecule has 0 aliphatic carbocycles. The summed E-state index contributed by atoms with van der Waals surface area (Å²) < 4.78 is 11.1. The fourth-order valence-electron chi connectivity index (χ4n) is 3.17. The van der Waals surface area contributed by atoms with Gasteiger partial charge in [-0.05, 0) is 0 Å². The molecule has 0 radical (unpaired) electrons. The van der Waals surface area contributed by atoms with Crippen LogP contribution in [0.25, 0.3) is 0 Å². The first-order valence-corrected chi connectivity index (χ1v) is 17.5. The van der Waals surface area contributed by atoms with Crippen LogP contribution in [0.1, 0.15) is 104 Å². The lowest BCUT2D eigenvalue weighted by Crippen LogP contribution is -2.36. The van der Waals surface area contributed by atoms with E-state index in [1.165, 1.54) is 89.9 Å². The van der Waals surface area contributed by atoms with Crippen LogP contribution in [0.5, 0.6) is 0 Å². The molecule has 0 aliphatic rings. The zero-order chi connectivity index (χ0) is 34.1. The maximum Gasteiger partial charge on any atom is 0.101 e. The first-order chi connectivity index (χ1) is 19.1. The van der Waals surface area contributed by atoms with Crippen molar-refractivity contribution in [2.75, 3.05) is 103 Å². The standard InChI is InChI=1S/C16H34.3C5H14NO.H3O4P/c1-3-5-7-9-11-13-15-16-14-12-10-8-6-4-2;3*1-6(2,3)4-5-7;1-5(2,3)4/h3-16H2,1-2H3;3*7H,4-5H2,1-3H3;(H3,1,2,3,4)/q;3*+1;/p-3. The van der Waals surface area contributed by atoms with Gasteiger partial charge in [-0.15, -0.1) is 0 Å². The van der Waals surface area contributed by atoms with Gasteiger partial charge in [0.25, 0.3) is 0 Å². The number of aliphatic hydroxyl groups is 3. The van der Waals surface area contributed by atoms with Gasteiger partial charge in [0.15, 0.2) is 0 Å². The largest absolute Gasteiger partial charge is 0.822 e. The Kier molecular flexibility index (Phi) is 41.4. The Labute approximate surface area is 262 Å². The molecule has 11 heteroatoms. The Morgan fingerprint density at radius 3 is 0.643 bits per heavy atom. The number of aliphatic hydroxyl groups excluding tert-OH is 3. The first-order valence-electron chi connectivity index (χ1n) is 16.1. The van der Waals surface area contributed by atoms with Crippen LogP contribution in [-0.2, 0) is 4.57 Å². The van der Waals surface area contributed by atoms with Crippen LogP contribution in [0, 0.1) is 0 Å². The lowest BCUT2D eigenvalue weighted by molar-refractivity contribution is -0.870. The topological polar surface area (TPSA) is 147 Å². The van der Waals surface area contributed by atoms with Crippen LogP contribution in [0.15, 0.2) is 0 Å². The molecule has 0 saturated heterocycles. The lowest BCUT2D eigenvalue weighted by Gasteiger charge is -2.36. The van der Waals surface area contributed by atoms with Crippen LogP contribution in [0.2, 0.25) is 0 Å². The molecule has 0 aliphatic heterocycles. The predicted octanol–water partition coefficient (Wildman–Crippen LogP) is 2.72. The Morgan fingerprint density at radius 1 is 0.429 bits per heavy atom. The van der Waals surface area contributed by atoms with Crippen molar-refractivity contribution in [3.8, 4) is 0 Å². The minimum atomic E-state index is -5.39. The molecule has 10 nitrogen and oxygen atoms in total. The summed E-state index contributed by atoms with van der Waals surface area (Å²) in [6.45, 7) is 7.92. The number of nitrogens with zero attached hydrogens (tertiary/aromatic N) is 3. The normalized spacial score (nSPS) is 11.5. The SMILES string of the molecule is CCCCCCCCCCCCCCCC.C[N+](C)(C)CCO.C[N+](C)(C)CCO.C[N+](C)(C)CCO.O=P([O-])([O-])[O-]. The van der Waals surface area contributed by atoms with Gasteiger partial charge in [-0.1, -0.05) is 104 Å². The molecule has 0 saturated carbocycles. The molecule has 0 fully saturated rings. The van der Waals surface area contributed by atoms with E-state index < -0.39 is 7.82 Å². The lowest BCUT2D eigenvalue weighted by atomic mass is 10.0. The van der Waals surface area contributed by atoms with E-state index in [9.17, 15) is 0 Å². The monoisotopic (exact) mass is 634 g/mol. The van der Waals surface area contributed by atoms with Gasteiger partial charge in [0, 0.05) is 0 Å². The second kappa shape index (κ2) is 33.8. The molecule has 0 unspecified atom stereocenters. The summed E-state index contributed by atoms with van der Waals surface area (Å²) in [4.78, 5) is 25.6. The van der Waals surface area contributed by atoms with Crippen molar-refractivity contribution in [1.82, 2.24) is 0 Å². The molecule has 0 rings (SSSR count). The summed E-state index contributed by atoms with van der Waals surface area (Å²) in [5.41, 5.74) is 0. The predicted molar refractivity (Wildman–Crippen MR) is 174 cm³/mol. The summed E-state index contributed by atoms with van der Waals surface area (Å²) in [5, 5.41) is 25.2. The fourth-order valence-corrected chi connectivity index (χ4v) is 3.17. The van der Waals surface area contributed by atoms with Gasteiger partial charge in [-0.3, -0.25) is 0 Å². The van der Waals surface area contributed by atoms with Crippen molar-refractivity contribution in [2.45, 2.75) is 104 Å². The summed E-state index contributed by atoms with van der Waals surface area (Å²) in [6.07, 6.45) is 20.4. The molecule has 0 aromatic carbocycles. The highest BCUT2D eigenvalue weighted by molar-refractivity contribution is 7.40. The number of unbranched alkanes of at least 4 members (excludes halogenated alkanes) is 13. The molecule has 0 amide bonds. The van der Waals surface area contributed by atoms with E-state index >= 15 is 0 Å². The van der Waals surface area contributed by atoms with Gasteiger partial charge in [-0.2, -0.15) is 7.82 Å². The minimum absolute atomic E-state index is 0.281. The van der Waals surface area contributed by atoms with Crippen molar-refractivity contribution < 1.29 is 48.0 Å². The zero-order valence-electron chi connectivity index (χ0n) is 29.9. The molecule has 0 aromatic heterocycles. The molecule has 262 valence electrons. The van der Waals surface area contributed by atoms with E-state index in [0.717, 1.165) is 33.1 Å². The van der Waals surface area contributed by atoms with E-state index in [4.69, 9.17) is 34.6 Å². The van der Waals surface area contributed by atoms with Gasteiger partial charge >= 0.3 is 0 Å². The zero-order valence-corrected chi connectivity index (χ0v) is 30.8. The van der Waals surface area contributed by atoms with E-state index in [2.05, 4.69) is 77.3 Å². The van der Waals surface area contributed by atoms with Gasteiger partial charge in [0.1, 0.15) is 19.6 Å². The van der Waals surface area contributed by atoms with Crippen molar-refractivity contribution in [2.24, 2.45) is 0 Å². The number of hydrogen-bond acceptors (Lipinski definition) is 7. The average molecular weight is 634 g/mol. The van der Waals surface area contributed by atoms with Gasteiger partial charge in [-0.25, -0.2) is 0 Å². The highest BCUT2D eigenvalue weighted by Gasteiger charge is 2.03. The van der Waals surface area contributed by atoms with Crippen molar-refractivity contribution in [3.05, 3.63) is 0 Å². The van der Waals surface area contributed by atoms with E-state index in [-0.39, 0.29) is 19.8 Å². The summed E-state index contributed by atoms with van der Waals surface area (Å²) >= 11 is 0. The van der Waals surface area contributed by atoms with E-state index in [1.807, 2.05) is 0 Å². The summed E-state index contributed by atoms with van der Waals surface area (Å²) in [7, 11) is 13.1. The second-order valence-corrected chi connectivity index (χ2v) is 14.8. The number of likely N-dealkylation sites (N-methyl/N-ethyl adjacent to an activating group) is 3. The number of hydrogen-bond donors (Lipinski definition) is 3. The molecule has 0 heterocycles. The summed E-state index contributed by atoms with van der Waals surface area (Å²) in [5.74, 6) is 0. The maximum absolute atomic E-state index is 8.55. The number of quaternary nitrogens is 3. The molecule has 0 bridgehead atoms. The molecular weight excluding hydrogens is 557 g/mol. The second-order valence-electron chi connectivity index (χ2n) is 13.9. The van der Waals surface area contributed by atoms with Gasteiger partial charge in [0.05, 0.1) is 83.2 Å². The minimum Gasteiger partial charge on any atom is -0.822 e. The van der Waals surface area contributed by atoms with Crippen molar-refractivity contribution in [3.63, 3.8) is 0 Å². The van der Waals surface area contributed by atoms with Crippen LogP contribution < -0.4 is 14.7 Å². The Balaban J connectivity index is -0.000000148. The Bertz CT molecular complexity index is 484. The third-order valence-corrected chi connectivity index (χ3v) is 5.77. The first kappa shape index (κ1) is 51.4. The maximum atomic E-state index is 8.55. The van der Waals surface area contributed by atoms with Crippen LogP contribution in [0.3, 0.4) is 0 Å². The highest BCUT2D eigenvalue weighted by Crippen LogP contribution is 2.12.